The summed E-state index contributed by atoms with van der Waals surface area (Å²) in [6.07, 6.45) is 8.20. The smallest absolute Gasteiger partial charge is 0.246 e. The highest BCUT2D eigenvalue weighted by atomic mass is 16.5. The highest BCUT2D eigenvalue weighted by Crippen LogP contribution is 2.66. The van der Waals surface area contributed by atoms with Crippen LogP contribution in [0.4, 0.5) is 0 Å². The standard InChI is InChI=1S/C29H34N2O5/c1-17-3-7-20(35-17)8-10-24(33)30(2)21-11-12-29(34)23-15-19-6-9-22(32)26-25(19)28(29,27(21)36-26)13-14-31(23)16-18-4-5-18/h3,6-10,18,21,23,27,32,34H,4-5,11-16H2,1-2H3/b10-8+/t21-,23+,27+,28+,29-/m1/s1. The molecule has 2 saturated carbocycles. The zero-order valence-electron chi connectivity index (χ0n) is 20.9. The van der Waals surface area contributed by atoms with Gasteiger partial charge in [0.1, 0.15) is 17.6 Å². The van der Waals surface area contributed by atoms with Crippen LogP contribution in [0.5, 0.6) is 11.5 Å². The third kappa shape index (κ3) is 2.96. The summed E-state index contributed by atoms with van der Waals surface area (Å²) in [7, 11) is 1.82. The summed E-state index contributed by atoms with van der Waals surface area (Å²) in [5.74, 6) is 2.70. The summed E-state index contributed by atoms with van der Waals surface area (Å²) < 4.78 is 12.2. The van der Waals surface area contributed by atoms with Gasteiger partial charge in [-0.05, 0) is 87.7 Å². The number of amides is 1. The summed E-state index contributed by atoms with van der Waals surface area (Å²) in [4.78, 5) is 17.5. The largest absolute Gasteiger partial charge is 0.504 e. The molecule has 1 saturated heterocycles. The van der Waals surface area contributed by atoms with Crippen molar-refractivity contribution in [3.8, 4) is 11.5 Å². The first-order valence-electron chi connectivity index (χ1n) is 13.3. The van der Waals surface area contributed by atoms with Gasteiger partial charge in [-0.1, -0.05) is 6.07 Å². The first-order valence-corrected chi connectivity index (χ1v) is 13.3. The van der Waals surface area contributed by atoms with E-state index in [1.54, 1.807) is 23.1 Å². The molecule has 1 amide bonds. The summed E-state index contributed by atoms with van der Waals surface area (Å²) in [6, 6.07) is 7.28. The second-order valence-electron chi connectivity index (χ2n) is 11.6. The first-order chi connectivity index (χ1) is 17.3. The Balaban J connectivity index is 1.26. The van der Waals surface area contributed by atoms with Crippen molar-refractivity contribution in [2.45, 2.75) is 74.7 Å². The van der Waals surface area contributed by atoms with Crippen molar-refractivity contribution < 1.29 is 24.2 Å². The Kier molecular flexibility index (Phi) is 4.75. The number of likely N-dealkylation sites (tertiary alicyclic amines) is 1. The van der Waals surface area contributed by atoms with E-state index in [2.05, 4.69) is 4.90 Å². The second-order valence-corrected chi connectivity index (χ2v) is 11.6. The molecule has 3 heterocycles. The number of hydrogen-bond donors (Lipinski definition) is 2. The van der Waals surface area contributed by atoms with Gasteiger partial charge in [-0.2, -0.15) is 0 Å². The van der Waals surface area contributed by atoms with Gasteiger partial charge in [0.05, 0.1) is 17.1 Å². The lowest BCUT2D eigenvalue weighted by atomic mass is 9.48. The van der Waals surface area contributed by atoms with Gasteiger partial charge in [0.2, 0.25) is 5.91 Å². The van der Waals surface area contributed by atoms with E-state index < -0.39 is 17.1 Å². The fourth-order valence-corrected chi connectivity index (χ4v) is 7.83. The van der Waals surface area contributed by atoms with E-state index >= 15 is 0 Å². The van der Waals surface area contributed by atoms with E-state index in [4.69, 9.17) is 9.15 Å². The fraction of sp³-hybridized carbons (Fsp3) is 0.552. The highest BCUT2D eigenvalue weighted by Gasteiger charge is 2.73. The molecule has 36 heavy (non-hydrogen) atoms. The number of carbonyl (C=O) groups excluding carboxylic acids is 1. The summed E-state index contributed by atoms with van der Waals surface area (Å²) in [5.41, 5.74) is 0.588. The molecule has 1 aromatic heterocycles. The van der Waals surface area contributed by atoms with Crippen LogP contribution in [-0.4, -0.2) is 69.8 Å². The van der Waals surface area contributed by atoms with Crippen LogP contribution in [0, 0.1) is 12.8 Å². The minimum Gasteiger partial charge on any atom is -0.504 e. The van der Waals surface area contributed by atoms with Crippen molar-refractivity contribution >= 4 is 12.0 Å². The summed E-state index contributed by atoms with van der Waals surface area (Å²) >= 11 is 0. The number of likely N-dealkylation sites (N-methyl/N-ethyl adjacent to an activating group) is 1. The van der Waals surface area contributed by atoms with Crippen LogP contribution in [0.1, 0.15) is 54.8 Å². The molecule has 5 aliphatic rings. The van der Waals surface area contributed by atoms with Gasteiger partial charge in [-0.3, -0.25) is 9.69 Å². The van der Waals surface area contributed by atoms with Gasteiger partial charge in [-0.25, -0.2) is 0 Å². The minimum absolute atomic E-state index is 0.0324. The Hall–Kier alpha value is -2.77. The van der Waals surface area contributed by atoms with Crippen molar-refractivity contribution in [1.82, 2.24) is 9.80 Å². The number of phenols is 1. The molecule has 0 radical (unpaired) electrons. The van der Waals surface area contributed by atoms with Gasteiger partial charge in [-0.15, -0.1) is 0 Å². The average molecular weight is 491 g/mol. The van der Waals surface area contributed by atoms with Crippen LogP contribution in [0.15, 0.2) is 34.8 Å². The predicted octanol–water partition coefficient (Wildman–Crippen LogP) is 3.40. The number of aliphatic hydroxyl groups is 1. The molecule has 5 atom stereocenters. The molecule has 7 rings (SSSR count). The van der Waals surface area contributed by atoms with E-state index in [0.29, 0.717) is 24.4 Å². The second kappa shape index (κ2) is 7.62. The predicted molar refractivity (Wildman–Crippen MR) is 134 cm³/mol. The number of piperidine rings is 1. The maximum absolute atomic E-state index is 13.3. The molecule has 2 aliphatic heterocycles. The van der Waals surface area contributed by atoms with Crippen LogP contribution in [0.25, 0.3) is 6.08 Å². The third-order valence-electron chi connectivity index (χ3n) is 9.73. The molecule has 1 aromatic carbocycles. The zero-order chi connectivity index (χ0) is 24.8. The number of carbonyl (C=O) groups is 1. The normalized spacial score (nSPS) is 34.5. The Morgan fingerprint density at radius 3 is 2.81 bits per heavy atom. The number of nitrogens with zero attached hydrogens (tertiary/aromatic N) is 2. The monoisotopic (exact) mass is 490 g/mol. The Labute approximate surface area is 211 Å². The van der Waals surface area contributed by atoms with E-state index in [0.717, 1.165) is 43.2 Å². The minimum atomic E-state index is -0.946. The van der Waals surface area contributed by atoms with Crippen LogP contribution in [0.2, 0.25) is 0 Å². The molecular formula is C29H34N2O5. The molecular weight excluding hydrogens is 456 g/mol. The number of phenolic OH excluding ortho intramolecular Hbond substituents is 1. The Morgan fingerprint density at radius 2 is 2.06 bits per heavy atom. The van der Waals surface area contributed by atoms with E-state index in [1.807, 2.05) is 32.2 Å². The molecule has 2 N–H and O–H groups in total. The van der Waals surface area contributed by atoms with Gasteiger partial charge in [0.15, 0.2) is 11.5 Å². The number of aryl methyl sites for hydroxylation is 1. The molecule has 190 valence electrons. The van der Waals surface area contributed by atoms with Crippen molar-refractivity contribution in [2.75, 3.05) is 20.1 Å². The fourth-order valence-electron chi connectivity index (χ4n) is 7.83. The van der Waals surface area contributed by atoms with E-state index in [-0.39, 0.29) is 23.7 Å². The third-order valence-corrected chi connectivity index (χ3v) is 9.73. The molecule has 3 aliphatic carbocycles. The zero-order valence-corrected chi connectivity index (χ0v) is 20.9. The van der Waals surface area contributed by atoms with Crippen LogP contribution in [0.3, 0.4) is 0 Å². The molecule has 2 bridgehead atoms. The molecule has 7 heteroatoms. The maximum Gasteiger partial charge on any atom is 0.246 e. The lowest BCUT2D eigenvalue weighted by molar-refractivity contribution is -0.200. The van der Waals surface area contributed by atoms with Crippen LogP contribution < -0.4 is 4.74 Å². The number of ether oxygens (including phenoxy) is 1. The van der Waals surface area contributed by atoms with Crippen LogP contribution >= 0.6 is 0 Å². The number of aromatic hydroxyl groups is 1. The molecule has 1 spiro atoms. The van der Waals surface area contributed by atoms with Crippen molar-refractivity contribution in [3.63, 3.8) is 0 Å². The van der Waals surface area contributed by atoms with Crippen molar-refractivity contribution in [2.24, 2.45) is 5.92 Å². The van der Waals surface area contributed by atoms with Gasteiger partial charge < -0.3 is 24.3 Å². The van der Waals surface area contributed by atoms with Gasteiger partial charge >= 0.3 is 0 Å². The van der Waals surface area contributed by atoms with Crippen molar-refractivity contribution in [1.29, 1.82) is 0 Å². The number of rotatable bonds is 5. The average Bonchev–Trinajstić information content (AvgIpc) is 3.46. The van der Waals surface area contributed by atoms with Crippen molar-refractivity contribution in [3.05, 3.63) is 53.0 Å². The summed E-state index contributed by atoms with van der Waals surface area (Å²) in [6.45, 7) is 3.83. The van der Waals surface area contributed by atoms with Crippen LogP contribution in [-0.2, 0) is 16.6 Å². The molecule has 3 fully saturated rings. The Bertz CT molecular complexity index is 1260. The SMILES string of the molecule is Cc1ccc(/C=C/C(=O)N(C)[C@@H]2CC[C@@]3(O)[C@@H]4Cc5ccc(O)c6c5[C@@]3(CCN4CC3CC3)[C@H]2O6)o1. The van der Waals surface area contributed by atoms with E-state index in [9.17, 15) is 15.0 Å². The molecule has 2 aromatic rings. The lowest BCUT2D eigenvalue weighted by Crippen LogP contribution is -2.78. The van der Waals surface area contributed by atoms with Gasteiger partial charge in [0, 0.05) is 31.3 Å². The number of furan rings is 1. The quantitative estimate of drug-likeness (QED) is 0.625. The highest BCUT2D eigenvalue weighted by molar-refractivity contribution is 5.91. The Morgan fingerprint density at radius 1 is 1.22 bits per heavy atom. The van der Waals surface area contributed by atoms with E-state index in [1.165, 1.54) is 18.4 Å². The number of hydrogen-bond acceptors (Lipinski definition) is 6. The summed E-state index contributed by atoms with van der Waals surface area (Å²) in [5, 5.41) is 23.4. The molecule has 0 unspecified atom stereocenters. The molecule has 7 nitrogen and oxygen atoms in total. The topological polar surface area (TPSA) is 86.4 Å². The lowest BCUT2D eigenvalue weighted by Gasteiger charge is -2.64. The van der Waals surface area contributed by atoms with Gasteiger partial charge in [0.25, 0.3) is 0 Å². The first kappa shape index (κ1) is 22.4. The number of benzene rings is 1. The maximum atomic E-state index is 13.3.